The highest BCUT2D eigenvalue weighted by Gasteiger charge is 2.35. The highest BCUT2D eigenvalue weighted by Crippen LogP contribution is 2.39. The molecule has 0 aliphatic carbocycles. The maximum atomic E-state index is 10.9. The summed E-state index contributed by atoms with van der Waals surface area (Å²) in [6, 6.07) is 0. The van der Waals surface area contributed by atoms with Gasteiger partial charge in [0.25, 0.3) is 0 Å². The smallest absolute Gasteiger partial charge is 0.216 e. The molecule has 12 heavy (non-hydrogen) atoms. The molecule has 0 saturated heterocycles. The van der Waals surface area contributed by atoms with Crippen LogP contribution in [0.15, 0.2) is 24.0 Å². The van der Waals surface area contributed by atoms with E-state index in [1.165, 1.54) is 6.08 Å². The van der Waals surface area contributed by atoms with Gasteiger partial charge < -0.3 is 5.11 Å². The molecule has 1 heterocycles. The number of carbonyl (C=O) groups is 1. The Balaban J connectivity index is 2.81. The SMILES string of the molecule is CCC=C[C@@]1(C)SC(=O)C=C1O. The van der Waals surface area contributed by atoms with E-state index < -0.39 is 4.75 Å². The molecule has 1 N–H and O–H groups in total. The maximum absolute atomic E-state index is 10.9. The van der Waals surface area contributed by atoms with Crippen LogP contribution in [0.3, 0.4) is 0 Å². The Kier molecular flexibility index (Phi) is 2.62. The summed E-state index contributed by atoms with van der Waals surface area (Å²) < 4.78 is -0.521. The fourth-order valence-electron chi connectivity index (χ4n) is 1.01. The van der Waals surface area contributed by atoms with Crippen LogP contribution in [0.4, 0.5) is 0 Å². The molecular weight excluding hydrogens is 172 g/mol. The minimum absolute atomic E-state index is 0.0734. The van der Waals surface area contributed by atoms with E-state index in [0.717, 1.165) is 18.2 Å². The van der Waals surface area contributed by atoms with Gasteiger partial charge in [-0.2, -0.15) is 0 Å². The van der Waals surface area contributed by atoms with Crippen LogP contribution in [0.25, 0.3) is 0 Å². The minimum atomic E-state index is -0.521. The number of thioether (sulfide) groups is 1. The van der Waals surface area contributed by atoms with Crippen LogP contribution in [-0.4, -0.2) is 15.0 Å². The molecule has 1 atom stereocenters. The predicted molar refractivity (Wildman–Crippen MR) is 51.1 cm³/mol. The normalized spacial score (nSPS) is 29.8. The van der Waals surface area contributed by atoms with Gasteiger partial charge in [0, 0.05) is 6.08 Å². The van der Waals surface area contributed by atoms with Crippen LogP contribution in [0.1, 0.15) is 20.3 Å². The van der Waals surface area contributed by atoms with Crippen molar-refractivity contribution in [1.82, 2.24) is 0 Å². The Labute approximate surface area is 76.4 Å². The molecule has 0 fully saturated rings. The summed E-state index contributed by atoms with van der Waals surface area (Å²) in [5, 5.41) is 9.34. The van der Waals surface area contributed by atoms with Crippen molar-refractivity contribution >= 4 is 16.9 Å². The molecule has 1 rings (SSSR count). The second-order valence-corrected chi connectivity index (χ2v) is 4.32. The monoisotopic (exact) mass is 184 g/mol. The lowest BCUT2D eigenvalue weighted by Gasteiger charge is -2.16. The molecule has 0 amide bonds. The molecule has 0 spiro atoms. The van der Waals surface area contributed by atoms with E-state index in [1.807, 2.05) is 26.0 Å². The molecule has 3 heteroatoms. The molecule has 0 bridgehead atoms. The summed E-state index contributed by atoms with van der Waals surface area (Å²) in [5.74, 6) is 0.155. The molecule has 0 saturated carbocycles. The van der Waals surface area contributed by atoms with Crippen molar-refractivity contribution in [1.29, 1.82) is 0 Å². The van der Waals surface area contributed by atoms with Gasteiger partial charge in [-0.15, -0.1) is 0 Å². The number of aliphatic hydroxyl groups excluding tert-OH is 1. The van der Waals surface area contributed by atoms with Gasteiger partial charge in [0.2, 0.25) is 5.12 Å². The number of hydrogen-bond acceptors (Lipinski definition) is 3. The van der Waals surface area contributed by atoms with Crippen molar-refractivity contribution < 1.29 is 9.90 Å². The zero-order valence-corrected chi connectivity index (χ0v) is 8.02. The van der Waals surface area contributed by atoms with Crippen molar-refractivity contribution in [3.63, 3.8) is 0 Å². The number of allylic oxidation sites excluding steroid dienone is 1. The summed E-state index contributed by atoms with van der Waals surface area (Å²) >= 11 is 1.15. The van der Waals surface area contributed by atoms with Gasteiger partial charge in [0.15, 0.2) is 0 Å². The van der Waals surface area contributed by atoms with Crippen LogP contribution in [0.2, 0.25) is 0 Å². The number of hydrogen-bond donors (Lipinski definition) is 1. The van der Waals surface area contributed by atoms with E-state index in [0.29, 0.717) is 0 Å². The third-order valence-electron chi connectivity index (χ3n) is 1.75. The Morgan fingerprint density at radius 3 is 2.83 bits per heavy atom. The second-order valence-electron chi connectivity index (χ2n) is 2.87. The van der Waals surface area contributed by atoms with Gasteiger partial charge in [-0.1, -0.05) is 30.8 Å². The van der Waals surface area contributed by atoms with Crippen LogP contribution in [-0.2, 0) is 4.79 Å². The van der Waals surface area contributed by atoms with E-state index in [4.69, 9.17) is 0 Å². The third-order valence-corrected chi connectivity index (χ3v) is 2.84. The molecule has 2 nitrogen and oxygen atoms in total. The summed E-state index contributed by atoms with van der Waals surface area (Å²) in [6.07, 6.45) is 6.02. The van der Waals surface area contributed by atoms with Crippen LogP contribution < -0.4 is 0 Å². The van der Waals surface area contributed by atoms with Gasteiger partial charge in [-0.25, -0.2) is 0 Å². The largest absolute Gasteiger partial charge is 0.510 e. The Morgan fingerprint density at radius 1 is 1.75 bits per heavy atom. The zero-order chi connectivity index (χ0) is 9.19. The summed E-state index contributed by atoms with van der Waals surface area (Å²) in [7, 11) is 0. The average Bonchev–Trinajstić information content (AvgIpc) is 2.23. The molecule has 0 aromatic carbocycles. The Morgan fingerprint density at radius 2 is 2.42 bits per heavy atom. The molecule has 0 aromatic rings. The Hall–Kier alpha value is -0.700. The number of aliphatic hydroxyl groups is 1. The van der Waals surface area contributed by atoms with E-state index in [-0.39, 0.29) is 10.9 Å². The van der Waals surface area contributed by atoms with Gasteiger partial charge in [-0.3, -0.25) is 4.79 Å². The lowest BCUT2D eigenvalue weighted by molar-refractivity contribution is -0.106. The lowest BCUT2D eigenvalue weighted by Crippen LogP contribution is -2.16. The second kappa shape index (κ2) is 3.35. The molecule has 0 radical (unpaired) electrons. The van der Waals surface area contributed by atoms with Crippen LogP contribution >= 0.6 is 11.8 Å². The fraction of sp³-hybridized carbons (Fsp3) is 0.444. The standard InChI is InChI=1S/C9H12O2S/c1-3-4-5-9(2)7(10)6-8(11)12-9/h4-6,10H,3H2,1-2H3/t9-/m1/s1. The summed E-state index contributed by atoms with van der Waals surface area (Å²) in [6.45, 7) is 3.85. The maximum Gasteiger partial charge on any atom is 0.216 e. The number of rotatable bonds is 2. The molecule has 1 aliphatic heterocycles. The topological polar surface area (TPSA) is 37.3 Å². The quantitative estimate of drug-likeness (QED) is 0.670. The van der Waals surface area contributed by atoms with Crippen LogP contribution in [0, 0.1) is 0 Å². The lowest BCUT2D eigenvalue weighted by atomic mass is 10.1. The Bertz CT molecular complexity index is 255. The first-order valence-electron chi connectivity index (χ1n) is 3.90. The highest BCUT2D eigenvalue weighted by atomic mass is 32.2. The van der Waals surface area contributed by atoms with E-state index in [1.54, 1.807) is 0 Å². The van der Waals surface area contributed by atoms with E-state index in [2.05, 4.69) is 0 Å². The first kappa shape index (κ1) is 9.39. The fourth-order valence-corrected chi connectivity index (χ4v) is 1.92. The van der Waals surface area contributed by atoms with Gasteiger partial charge >= 0.3 is 0 Å². The van der Waals surface area contributed by atoms with E-state index in [9.17, 15) is 9.90 Å². The van der Waals surface area contributed by atoms with Gasteiger partial charge in [0.1, 0.15) is 5.76 Å². The summed E-state index contributed by atoms with van der Waals surface area (Å²) in [4.78, 5) is 10.9. The van der Waals surface area contributed by atoms with Crippen molar-refractivity contribution in [3.8, 4) is 0 Å². The van der Waals surface area contributed by atoms with E-state index >= 15 is 0 Å². The molecule has 0 unspecified atom stereocenters. The predicted octanol–water partition coefficient (Wildman–Crippen LogP) is 2.43. The number of carbonyl (C=O) groups excluding carboxylic acids is 1. The first-order valence-corrected chi connectivity index (χ1v) is 4.72. The highest BCUT2D eigenvalue weighted by molar-refractivity contribution is 8.15. The molecule has 66 valence electrons. The van der Waals surface area contributed by atoms with Gasteiger partial charge in [-0.05, 0) is 13.3 Å². The zero-order valence-electron chi connectivity index (χ0n) is 7.20. The molecule has 1 aliphatic rings. The van der Waals surface area contributed by atoms with Crippen molar-refractivity contribution in [2.24, 2.45) is 0 Å². The van der Waals surface area contributed by atoms with Gasteiger partial charge in [0.05, 0.1) is 4.75 Å². The van der Waals surface area contributed by atoms with Crippen molar-refractivity contribution in [2.45, 2.75) is 25.0 Å². The van der Waals surface area contributed by atoms with Crippen molar-refractivity contribution in [2.75, 3.05) is 0 Å². The van der Waals surface area contributed by atoms with Crippen molar-refractivity contribution in [3.05, 3.63) is 24.0 Å². The molecular formula is C9H12O2S. The van der Waals surface area contributed by atoms with Crippen LogP contribution in [0.5, 0.6) is 0 Å². The summed E-state index contributed by atoms with van der Waals surface area (Å²) in [5.41, 5.74) is 0. The molecule has 0 aromatic heterocycles. The minimum Gasteiger partial charge on any atom is -0.510 e. The first-order chi connectivity index (χ1) is 5.58. The average molecular weight is 184 g/mol. The third kappa shape index (κ3) is 1.72.